The summed E-state index contributed by atoms with van der Waals surface area (Å²) < 4.78 is 0. The van der Waals surface area contributed by atoms with E-state index in [1.165, 1.54) is 0 Å². The molecule has 1 fully saturated rings. The van der Waals surface area contributed by atoms with Crippen LogP contribution < -0.4 is 5.73 Å². The summed E-state index contributed by atoms with van der Waals surface area (Å²) in [6.07, 6.45) is 2.72. The fourth-order valence-electron chi connectivity index (χ4n) is 2.38. The molecule has 0 aliphatic heterocycles. The molecule has 0 unspecified atom stereocenters. The lowest BCUT2D eigenvalue weighted by atomic mass is 10.0. The molecule has 1 amide bonds. The van der Waals surface area contributed by atoms with Crippen LogP contribution in [0, 0.1) is 5.92 Å². The monoisotopic (exact) mass is 276 g/mol. The van der Waals surface area contributed by atoms with Gasteiger partial charge in [-0.2, -0.15) is 0 Å². The van der Waals surface area contributed by atoms with Gasteiger partial charge in [0.05, 0.1) is 6.04 Å². The van der Waals surface area contributed by atoms with E-state index in [9.17, 15) is 9.90 Å². The third-order valence-electron chi connectivity index (χ3n) is 3.54. The first-order valence-electron chi connectivity index (χ1n) is 7.31. The van der Waals surface area contributed by atoms with Gasteiger partial charge < -0.3 is 15.7 Å². The topological polar surface area (TPSA) is 66.6 Å². The molecular formula is C16H24N2O2. The van der Waals surface area contributed by atoms with Crippen LogP contribution in [-0.4, -0.2) is 34.5 Å². The Hall–Kier alpha value is -1.55. The number of hydrogen-bond acceptors (Lipinski definition) is 3. The van der Waals surface area contributed by atoms with Crippen LogP contribution in [0.15, 0.2) is 24.3 Å². The lowest BCUT2D eigenvalue weighted by Crippen LogP contribution is -2.47. The molecule has 1 aliphatic rings. The average molecular weight is 276 g/mol. The summed E-state index contributed by atoms with van der Waals surface area (Å²) in [4.78, 5) is 14.4. The molecule has 0 aromatic heterocycles. The van der Waals surface area contributed by atoms with Crippen LogP contribution in [0.3, 0.4) is 0 Å². The van der Waals surface area contributed by atoms with Gasteiger partial charge in [-0.25, -0.2) is 0 Å². The number of aromatic hydroxyl groups is 1. The van der Waals surface area contributed by atoms with Gasteiger partial charge in [0.2, 0.25) is 5.91 Å². The van der Waals surface area contributed by atoms with Crippen molar-refractivity contribution in [3.8, 4) is 5.75 Å². The van der Waals surface area contributed by atoms with E-state index in [1.807, 2.05) is 17.0 Å². The first-order valence-corrected chi connectivity index (χ1v) is 7.31. The van der Waals surface area contributed by atoms with Crippen LogP contribution in [0.2, 0.25) is 0 Å². The Labute approximate surface area is 120 Å². The van der Waals surface area contributed by atoms with Crippen molar-refractivity contribution in [3.63, 3.8) is 0 Å². The van der Waals surface area contributed by atoms with Crippen molar-refractivity contribution >= 4 is 5.91 Å². The van der Waals surface area contributed by atoms with E-state index in [1.54, 1.807) is 12.1 Å². The number of amides is 1. The Morgan fingerprint density at radius 3 is 2.45 bits per heavy atom. The molecule has 0 spiro atoms. The Bertz CT molecular complexity index is 452. The molecule has 0 saturated heterocycles. The molecule has 0 bridgehead atoms. The molecule has 0 heterocycles. The van der Waals surface area contributed by atoms with Crippen molar-refractivity contribution in [2.45, 2.75) is 45.2 Å². The van der Waals surface area contributed by atoms with Gasteiger partial charge in [0.25, 0.3) is 0 Å². The lowest BCUT2D eigenvalue weighted by molar-refractivity contribution is -0.133. The van der Waals surface area contributed by atoms with Gasteiger partial charge in [-0.05, 0) is 42.9 Å². The van der Waals surface area contributed by atoms with Gasteiger partial charge in [0.1, 0.15) is 5.75 Å². The number of carbonyl (C=O) groups is 1. The van der Waals surface area contributed by atoms with Crippen LogP contribution in [0.4, 0.5) is 0 Å². The van der Waals surface area contributed by atoms with E-state index in [4.69, 9.17) is 5.73 Å². The molecule has 1 atom stereocenters. The van der Waals surface area contributed by atoms with Crippen molar-refractivity contribution in [2.75, 3.05) is 6.54 Å². The summed E-state index contributed by atoms with van der Waals surface area (Å²) in [6.45, 7) is 5.02. The summed E-state index contributed by atoms with van der Waals surface area (Å²) in [5.74, 6) is 0.739. The molecule has 3 N–H and O–H groups in total. The summed E-state index contributed by atoms with van der Waals surface area (Å²) in [5, 5.41) is 9.26. The number of phenolic OH excluding ortho intramolecular Hbond substituents is 1. The van der Waals surface area contributed by atoms with Crippen LogP contribution in [0.1, 0.15) is 32.3 Å². The minimum Gasteiger partial charge on any atom is -0.508 e. The molecule has 1 aliphatic carbocycles. The molecule has 0 radical (unpaired) electrons. The number of benzene rings is 1. The summed E-state index contributed by atoms with van der Waals surface area (Å²) in [7, 11) is 0. The van der Waals surface area contributed by atoms with Crippen molar-refractivity contribution in [1.82, 2.24) is 4.90 Å². The van der Waals surface area contributed by atoms with Crippen LogP contribution in [0.25, 0.3) is 0 Å². The highest BCUT2D eigenvalue weighted by molar-refractivity contribution is 5.82. The Balaban J connectivity index is 1.97. The number of carbonyl (C=O) groups excluding carboxylic acids is 1. The van der Waals surface area contributed by atoms with Gasteiger partial charge in [-0.3, -0.25) is 4.79 Å². The van der Waals surface area contributed by atoms with Crippen LogP contribution in [-0.2, 0) is 11.2 Å². The smallest absolute Gasteiger partial charge is 0.240 e. The zero-order valence-electron chi connectivity index (χ0n) is 12.2. The second-order valence-corrected chi connectivity index (χ2v) is 6.09. The van der Waals surface area contributed by atoms with E-state index < -0.39 is 6.04 Å². The number of nitrogens with two attached hydrogens (primary N) is 1. The maximum atomic E-state index is 12.5. The summed E-state index contributed by atoms with van der Waals surface area (Å²) in [5.41, 5.74) is 7.05. The average Bonchev–Trinajstić information content (AvgIpc) is 3.22. The predicted octanol–water partition coefficient (Wildman–Crippen LogP) is 1.91. The normalized spacial score (nSPS) is 16.2. The Morgan fingerprint density at radius 2 is 1.95 bits per heavy atom. The summed E-state index contributed by atoms with van der Waals surface area (Å²) in [6, 6.07) is 6.77. The summed E-state index contributed by atoms with van der Waals surface area (Å²) >= 11 is 0. The van der Waals surface area contributed by atoms with Gasteiger partial charge in [0, 0.05) is 12.6 Å². The van der Waals surface area contributed by atoms with E-state index in [-0.39, 0.29) is 11.7 Å². The predicted molar refractivity (Wildman–Crippen MR) is 79.4 cm³/mol. The van der Waals surface area contributed by atoms with Crippen molar-refractivity contribution < 1.29 is 9.90 Å². The molecule has 110 valence electrons. The maximum absolute atomic E-state index is 12.5. The maximum Gasteiger partial charge on any atom is 0.240 e. The number of phenols is 1. The van der Waals surface area contributed by atoms with Crippen molar-refractivity contribution in [2.24, 2.45) is 11.7 Å². The SMILES string of the molecule is CC(C)CN(C(=O)[C@H](N)Cc1ccc(O)cc1)C1CC1. The minimum absolute atomic E-state index is 0.0503. The van der Waals surface area contributed by atoms with Crippen molar-refractivity contribution in [1.29, 1.82) is 0 Å². The molecular weight excluding hydrogens is 252 g/mol. The largest absolute Gasteiger partial charge is 0.508 e. The van der Waals surface area contributed by atoms with Gasteiger partial charge in [0.15, 0.2) is 0 Å². The third-order valence-corrected chi connectivity index (χ3v) is 3.54. The molecule has 20 heavy (non-hydrogen) atoms. The van der Waals surface area contributed by atoms with Crippen LogP contribution >= 0.6 is 0 Å². The lowest BCUT2D eigenvalue weighted by Gasteiger charge is -2.27. The second-order valence-electron chi connectivity index (χ2n) is 6.09. The minimum atomic E-state index is -0.501. The zero-order chi connectivity index (χ0) is 14.7. The Kier molecular flexibility index (Phi) is 4.65. The van der Waals surface area contributed by atoms with Gasteiger partial charge >= 0.3 is 0 Å². The number of nitrogens with zero attached hydrogens (tertiary/aromatic N) is 1. The highest BCUT2D eigenvalue weighted by atomic mass is 16.3. The molecule has 4 nitrogen and oxygen atoms in total. The van der Waals surface area contributed by atoms with Crippen LogP contribution in [0.5, 0.6) is 5.75 Å². The third kappa shape index (κ3) is 3.97. The molecule has 1 aromatic carbocycles. The number of hydrogen-bond donors (Lipinski definition) is 2. The molecule has 4 heteroatoms. The fraction of sp³-hybridized carbons (Fsp3) is 0.562. The molecule has 1 saturated carbocycles. The highest BCUT2D eigenvalue weighted by Gasteiger charge is 2.34. The quantitative estimate of drug-likeness (QED) is 0.834. The highest BCUT2D eigenvalue weighted by Crippen LogP contribution is 2.28. The molecule has 1 aromatic rings. The Morgan fingerprint density at radius 1 is 1.35 bits per heavy atom. The number of rotatable bonds is 6. The van der Waals surface area contributed by atoms with E-state index >= 15 is 0 Å². The van der Waals surface area contributed by atoms with E-state index in [0.717, 1.165) is 24.9 Å². The van der Waals surface area contributed by atoms with Crippen molar-refractivity contribution in [3.05, 3.63) is 29.8 Å². The van der Waals surface area contributed by atoms with Gasteiger partial charge in [-0.1, -0.05) is 26.0 Å². The molecule has 2 rings (SSSR count). The first-order chi connectivity index (χ1) is 9.47. The van der Waals surface area contributed by atoms with E-state index in [2.05, 4.69) is 13.8 Å². The van der Waals surface area contributed by atoms with Gasteiger partial charge in [-0.15, -0.1) is 0 Å². The zero-order valence-corrected chi connectivity index (χ0v) is 12.2. The second kappa shape index (κ2) is 6.27. The first kappa shape index (κ1) is 14.9. The standard InChI is InChI=1S/C16H24N2O2/c1-11(2)10-18(13-5-6-13)16(20)15(17)9-12-3-7-14(19)8-4-12/h3-4,7-8,11,13,15,19H,5-6,9-10,17H2,1-2H3/t15-/m1/s1. The fourth-order valence-corrected chi connectivity index (χ4v) is 2.38. The van der Waals surface area contributed by atoms with E-state index in [0.29, 0.717) is 18.4 Å².